The number of hydrogen-bond acceptors (Lipinski definition) is 4. The van der Waals surface area contributed by atoms with Gasteiger partial charge in [-0.15, -0.1) is 11.3 Å². The number of nitrogens with zero attached hydrogens (tertiary/aromatic N) is 2. The van der Waals surface area contributed by atoms with E-state index in [1.165, 1.54) is 23.6 Å². The summed E-state index contributed by atoms with van der Waals surface area (Å²) in [6.45, 7) is 0.585. The third-order valence-electron chi connectivity index (χ3n) is 4.80. The summed E-state index contributed by atoms with van der Waals surface area (Å²) in [6.07, 6.45) is 5.48. The van der Waals surface area contributed by atoms with Crippen molar-refractivity contribution in [1.82, 2.24) is 15.2 Å². The van der Waals surface area contributed by atoms with Crippen LogP contribution in [0.3, 0.4) is 0 Å². The minimum Gasteiger partial charge on any atom is -0.352 e. The summed E-state index contributed by atoms with van der Waals surface area (Å²) in [5, 5.41) is 3.68. The van der Waals surface area contributed by atoms with Crippen LogP contribution < -0.4 is 5.32 Å². The SMILES string of the molecule is O=C(NC1CC1)C1CCCN1C(=O)c1cnc(Cc2ccccc2F)s1. The van der Waals surface area contributed by atoms with Gasteiger partial charge < -0.3 is 10.2 Å². The molecule has 136 valence electrons. The fraction of sp³-hybridized carbons (Fsp3) is 0.421. The third-order valence-corrected chi connectivity index (χ3v) is 5.79. The van der Waals surface area contributed by atoms with Crippen molar-refractivity contribution in [2.24, 2.45) is 0 Å². The first-order valence-corrected chi connectivity index (χ1v) is 9.73. The zero-order valence-corrected chi connectivity index (χ0v) is 15.1. The molecule has 0 spiro atoms. The predicted molar refractivity (Wildman–Crippen MR) is 96.5 cm³/mol. The Morgan fingerprint density at radius 2 is 2.08 bits per heavy atom. The number of amides is 2. The van der Waals surface area contributed by atoms with Crippen LogP contribution in [0, 0.1) is 5.82 Å². The van der Waals surface area contributed by atoms with E-state index in [1.807, 2.05) is 0 Å². The van der Waals surface area contributed by atoms with Gasteiger partial charge in [0.25, 0.3) is 5.91 Å². The summed E-state index contributed by atoms with van der Waals surface area (Å²) in [5.74, 6) is -0.475. The van der Waals surface area contributed by atoms with Crippen LogP contribution in [0.15, 0.2) is 30.5 Å². The lowest BCUT2D eigenvalue weighted by molar-refractivity contribution is -0.125. The van der Waals surface area contributed by atoms with E-state index >= 15 is 0 Å². The molecule has 1 aliphatic carbocycles. The molecule has 26 heavy (non-hydrogen) atoms. The maximum absolute atomic E-state index is 13.8. The molecule has 1 aliphatic heterocycles. The van der Waals surface area contributed by atoms with Crippen LogP contribution in [0.2, 0.25) is 0 Å². The first-order chi connectivity index (χ1) is 12.6. The highest BCUT2D eigenvalue weighted by Gasteiger charge is 2.37. The minimum atomic E-state index is -0.389. The minimum absolute atomic E-state index is 0.0468. The van der Waals surface area contributed by atoms with Crippen LogP contribution in [-0.4, -0.2) is 40.3 Å². The van der Waals surface area contributed by atoms with Gasteiger partial charge in [0, 0.05) is 19.0 Å². The molecular formula is C19H20FN3O2S. The van der Waals surface area contributed by atoms with E-state index in [0.29, 0.717) is 34.8 Å². The lowest BCUT2D eigenvalue weighted by Gasteiger charge is -2.23. The highest BCUT2D eigenvalue weighted by atomic mass is 32.1. The van der Waals surface area contributed by atoms with Crippen LogP contribution in [0.4, 0.5) is 4.39 Å². The highest BCUT2D eigenvalue weighted by Crippen LogP contribution is 2.26. The Balaban J connectivity index is 1.45. The number of hydrogen-bond donors (Lipinski definition) is 1. The van der Waals surface area contributed by atoms with Gasteiger partial charge in [-0.3, -0.25) is 9.59 Å². The molecule has 2 amide bonds. The number of aromatic nitrogens is 1. The van der Waals surface area contributed by atoms with Gasteiger partial charge in [0.15, 0.2) is 0 Å². The normalized spacial score (nSPS) is 19.6. The van der Waals surface area contributed by atoms with E-state index in [2.05, 4.69) is 10.3 Å². The first kappa shape index (κ1) is 17.1. The Hall–Kier alpha value is -2.28. The molecule has 5 nitrogen and oxygen atoms in total. The summed E-state index contributed by atoms with van der Waals surface area (Å²) in [5.41, 5.74) is 0.559. The summed E-state index contributed by atoms with van der Waals surface area (Å²) < 4.78 is 13.8. The highest BCUT2D eigenvalue weighted by molar-refractivity contribution is 7.13. The molecule has 2 aliphatic rings. The molecule has 1 unspecified atom stereocenters. The van der Waals surface area contributed by atoms with Gasteiger partial charge in [0.2, 0.25) is 5.91 Å². The van der Waals surface area contributed by atoms with E-state index in [9.17, 15) is 14.0 Å². The van der Waals surface area contributed by atoms with Crippen molar-refractivity contribution in [2.45, 2.75) is 44.2 Å². The average molecular weight is 373 g/mol. The molecule has 1 saturated carbocycles. The monoisotopic (exact) mass is 373 g/mol. The molecule has 1 atom stereocenters. The smallest absolute Gasteiger partial charge is 0.266 e. The number of halogens is 1. The summed E-state index contributed by atoms with van der Waals surface area (Å²) in [6, 6.07) is 6.47. The third kappa shape index (κ3) is 3.62. The second-order valence-corrected chi connectivity index (χ2v) is 7.94. The number of nitrogens with one attached hydrogen (secondary N) is 1. The van der Waals surface area contributed by atoms with Crippen LogP contribution >= 0.6 is 11.3 Å². The second-order valence-electron chi connectivity index (χ2n) is 6.83. The molecule has 1 aromatic carbocycles. The van der Waals surface area contributed by atoms with E-state index in [1.54, 1.807) is 23.1 Å². The standard InChI is InChI=1S/C19H20FN3O2S/c20-14-5-2-1-4-12(14)10-17-21-11-16(26-17)19(25)23-9-3-6-15(23)18(24)22-13-7-8-13/h1-2,4-5,11,13,15H,3,6-10H2,(H,22,24). The lowest BCUT2D eigenvalue weighted by Crippen LogP contribution is -2.46. The summed E-state index contributed by atoms with van der Waals surface area (Å²) in [7, 11) is 0. The van der Waals surface area contributed by atoms with Crippen LogP contribution in [0.25, 0.3) is 0 Å². The Morgan fingerprint density at radius 3 is 2.85 bits per heavy atom. The van der Waals surface area contributed by atoms with Crippen LogP contribution in [0.5, 0.6) is 0 Å². The van der Waals surface area contributed by atoms with E-state index in [0.717, 1.165) is 19.3 Å². The Morgan fingerprint density at radius 1 is 1.27 bits per heavy atom. The topological polar surface area (TPSA) is 62.3 Å². The molecule has 0 radical (unpaired) electrons. The van der Waals surface area contributed by atoms with Crippen molar-refractivity contribution in [2.75, 3.05) is 6.54 Å². The quantitative estimate of drug-likeness (QED) is 0.877. The van der Waals surface area contributed by atoms with Crippen molar-refractivity contribution in [3.05, 3.63) is 51.7 Å². The molecule has 1 N–H and O–H groups in total. The van der Waals surface area contributed by atoms with Crippen LogP contribution in [0.1, 0.15) is 45.9 Å². The van der Waals surface area contributed by atoms with Crippen molar-refractivity contribution in [3.8, 4) is 0 Å². The zero-order valence-electron chi connectivity index (χ0n) is 14.3. The van der Waals surface area contributed by atoms with Crippen molar-refractivity contribution >= 4 is 23.2 Å². The molecular weight excluding hydrogens is 353 g/mol. The number of rotatable bonds is 5. The van der Waals surface area contributed by atoms with E-state index in [4.69, 9.17) is 0 Å². The van der Waals surface area contributed by atoms with Gasteiger partial charge in [0.05, 0.1) is 11.2 Å². The van der Waals surface area contributed by atoms with Gasteiger partial charge in [-0.05, 0) is 37.3 Å². The van der Waals surface area contributed by atoms with Gasteiger partial charge in [0.1, 0.15) is 16.7 Å². The first-order valence-electron chi connectivity index (χ1n) is 8.91. The zero-order chi connectivity index (χ0) is 18.1. The number of likely N-dealkylation sites (tertiary alicyclic amines) is 1. The number of benzene rings is 1. The Labute approximate surface area is 155 Å². The molecule has 1 aromatic heterocycles. The maximum Gasteiger partial charge on any atom is 0.266 e. The molecule has 2 aromatic rings. The summed E-state index contributed by atoms with van der Waals surface area (Å²) in [4.78, 5) is 31.6. The molecule has 0 bridgehead atoms. The Kier molecular flexibility index (Phi) is 4.72. The number of carbonyl (C=O) groups excluding carboxylic acids is 2. The fourth-order valence-corrected chi connectivity index (χ4v) is 4.14. The van der Waals surface area contributed by atoms with Gasteiger partial charge >= 0.3 is 0 Å². The largest absolute Gasteiger partial charge is 0.352 e. The lowest BCUT2D eigenvalue weighted by atomic mass is 10.1. The van der Waals surface area contributed by atoms with E-state index in [-0.39, 0.29) is 29.7 Å². The molecule has 7 heteroatoms. The maximum atomic E-state index is 13.8. The predicted octanol–water partition coefficient (Wildman–Crippen LogP) is 2.76. The van der Waals surface area contributed by atoms with Crippen LogP contribution in [-0.2, 0) is 11.2 Å². The Bertz CT molecular complexity index is 834. The van der Waals surface area contributed by atoms with Gasteiger partial charge in [-0.25, -0.2) is 9.37 Å². The van der Waals surface area contributed by atoms with Crippen molar-refractivity contribution < 1.29 is 14.0 Å². The molecule has 2 heterocycles. The van der Waals surface area contributed by atoms with E-state index < -0.39 is 0 Å². The summed E-state index contributed by atoms with van der Waals surface area (Å²) >= 11 is 1.27. The molecule has 4 rings (SSSR count). The molecule has 1 saturated heterocycles. The fourth-order valence-electron chi connectivity index (χ4n) is 3.24. The molecule has 2 fully saturated rings. The van der Waals surface area contributed by atoms with Crippen molar-refractivity contribution in [1.29, 1.82) is 0 Å². The second kappa shape index (κ2) is 7.15. The number of thiazole rings is 1. The average Bonchev–Trinajstić information content (AvgIpc) is 3.13. The number of carbonyl (C=O) groups is 2. The van der Waals surface area contributed by atoms with Crippen molar-refractivity contribution in [3.63, 3.8) is 0 Å². The van der Waals surface area contributed by atoms with Gasteiger partial charge in [-0.2, -0.15) is 0 Å². The van der Waals surface area contributed by atoms with Gasteiger partial charge in [-0.1, -0.05) is 18.2 Å².